The second kappa shape index (κ2) is 8.16. The SMILES string of the molecule is C/C(=N\NC(=S)NCc1ccccc1)c1ccc(-n2cncn2)cc1. The average molecular weight is 350 g/mol. The molecule has 0 fully saturated rings. The average Bonchev–Trinajstić information content (AvgIpc) is 3.20. The van der Waals surface area contributed by atoms with Crippen molar-refractivity contribution < 1.29 is 0 Å². The molecule has 0 radical (unpaired) electrons. The number of thiocarbonyl (C=S) groups is 1. The molecule has 7 heteroatoms. The Morgan fingerprint density at radius 2 is 1.88 bits per heavy atom. The van der Waals surface area contributed by atoms with Crippen LogP contribution in [0.2, 0.25) is 0 Å². The monoisotopic (exact) mass is 350 g/mol. The van der Waals surface area contributed by atoms with Gasteiger partial charge in [-0.3, -0.25) is 5.43 Å². The molecular weight excluding hydrogens is 332 g/mol. The molecule has 1 aromatic heterocycles. The summed E-state index contributed by atoms with van der Waals surface area (Å²) in [5.41, 5.74) is 6.83. The lowest BCUT2D eigenvalue weighted by molar-refractivity contribution is 0.866. The third-order valence-corrected chi connectivity index (χ3v) is 3.83. The number of hydrogen-bond acceptors (Lipinski definition) is 4. The number of hydrogen-bond donors (Lipinski definition) is 2. The van der Waals surface area contributed by atoms with Gasteiger partial charge in [0.1, 0.15) is 12.7 Å². The van der Waals surface area contributed by atoms with Gasteiger partial charge in [-0.1, -0.05) is 42.5 Å². The lowest BCUT2D eigenvalue weighted by atomic mass is 10.1. The first-order chi connectivity index (χ1) is 12.2. The maximum Gasteiger partial charge on any atom is 0.187 e. The Bertz CT molecular complexity index is 841. The van der Waals surface area contributed by atoms with Gasteiger partial charge in [-0.2, -0.15) is 10.2 Å². The first kappa shape index (κ1) is 16.8. The molecule has 0 aliphatic rings. The smallest absolute Gasteiger partial charge is 0.187 e. The largest absolute Gasteiger partial charge is 0.357 e. The van der Waals surface area contributed by atoms with Crippen LogP contribution in [0.3, 0.4) is 0 Å². The van der Waals surface area contributed by atoms with Crippen LogP contribution in [0.25, 0.3) is 5.69 Å². The molecule has 0 aliphatic heterocycles. The molecule has 3 aromatic rings. The summed E-state index contributed by atoms with van der Waals surface area (Å²) in [6.07, 6.45) is 3.17. The van der Waals surface area contributed by atoms with Crippen molar-refractivity contribution in [2.45, 2.75) is 13.5 Å². The van der Waals surface area contributed by atoms with Crippen molar-refractivity contribution in [3.05, 3.63) is 78.4 Å². The van der Waals surface area contributed by atoms with E-state index >= 15 is 0 Å². The summed E-state index contributed by atoms with van der Waals surface area (Å²) >= 11 is 5.25. The van der Waals surface area contributed by atoms with Crippen molar-refractivity contribution in [3.63, 3.8) is 0 Å². The molecular formula is C18H18N6S. The van der Waals surface area contributed by atoms with E-state index in [2.05, 4.69) is 25.9 Å². The van der Waals surface area contributed by atoms with Crippen LogP contribution in [-0.4, -0.2) is 25.6 Å². The summed E-state index contributed by atoms with van der Waals surface area (Å²) < 4.78 is 1.71. The van der Waals surface area contributed by atoms with Crippen molar-refractivity contribution in [3.8, 4) is 5.69 Å². The van der Waals surface area contributed by atoms with Crippen molar-refractivity contribution in [2.24, 2.45) is 5.10 Å². The Hall–Kier alpha value is -3.06. The van der Waals surface area contributed by atoms with Gasteiger partial charge in [0, 0.05) is 6.54 Å². The Kier molecular flexibility index (Phi) is 5.48. The Balaban J connectivity index is 1.55. The second-order valence-corrected chi connectivity index (χ2v) is 5.77. The van der Waals surface area contributed by atoms with Crippen LogP contribution >= 0.6 is 12.2 Å². The van der Waals surface area contributed by atoms with E-state index in [1.165, 1.54) is 6.33 Å². The lowest BCUT2D eigenvalue weighted by Crippen LogP contribution is -2.32. The van der Waals surface area contributed by atoms with Crippen molar-refractivity contribution in [2.75, 3.05) is 0 Å². The molecule has 0 saturated heterocycles. The molecule has 25 heavy (non-hydrogen) atoms. The van der Waals surface area contributed by atoms with E-state index in [0.29, 0.717) is 11.7 Å². The van der Waals surface area contributed by atoms with E-state index in [4.69, 9.17) is 12.2 Å². The first-order valence-electron chi connectivity index (χ1n) is 7.80. The first-order valence-corrected chi connectivity index (χ1v) is 8.21. The zero-order chi connectivity index (χ0) is 17.5. The molecule has 3 rings (SSSR count). The fraction of sp³-hybridized carbons (Fsp3) is 0.111. The zero-order valence-electron chi connectivity index (χ0n) is 13.8. The van der Waals surface area contributed by atoms with Gasteiger partial charge in [0.2, 0.25) is 0 Å². The second-order valence-electron chi connectivity index (χ2n) is 5.36. The summed E-state index contributed by atoms with van der Waals surface area (Å²) in [4.78, 5) is 3.94. The zero-order valence-corrected chi connectivity index (χ0v) is 14.6. The molecule has 6 nitrogen and oxygen atoms in total. The Morgan fingerprint density at radius 3 is 2.56 bits per heavy atom. The number of nitrogens with zero attached hydrogens (tertiary/aromatic N) is 4. The van der Waals surface area contributed by atoms with Gasteiger partial charge in [-0.15, -0.1) is 0 Å². The molecule has 0 aliphatic carbocycles. The van der Waals surface area contributed by atoms with Gasteiger partial charge in [-0.25, -0.2) is 9.67 Å². The minimum atomic E-state index is 0.488. The van der Waals surface area contributed by atoms with Gasteiger partial charge in [-0.05, 0) is 42.4 Å². The Labute approximate surface area is 151 Å². The topological polar surface area (TPSA) is 67.1 Å². The summed E-state index contributed by atoms with van der Waals surface area (Å²) in [6, 6.07) is 18.0. The van der Waals surface area contributed by atoms with E-state index in [0.717, 1.165) is 22.5 Å². The fourth-order valence-electron chi connectivity index (χ4n) is 2.21. The maximum atomic E-state index is 5.25. The van der Waals surface area contributed by atoms with Crippen molar-refractivity contribution >= 4 is 23.0 Å². The third kappa shape index (κ3) is 4.71. The highest BCUT2D eigenvalue weighted by molar-refractivity contribution is 7.80. The van der Waals surface area contributed by atoms with Crippen LogP contribution in [0.1, 0.15) is 18.1 Å². The molecule has 2 aromatic carbocycles. The number of hydrazone groups is 1. The minimum Gasteiger partial charge on any atom is -0.357 e. The van der Waals surface area contributed by atoms with Crippen LogP contribution < -0.4 is 10.7 Å². The predicted molar refractivity (Wildman–Crippen MR) is 103 cm³/mol. The number of aromatic nitrogens is 3. The van der Waals surface area contributed by atoms with Crippen molar-refractivity contribution in [1.82, 2.24) is 25.5 Å². The van der Waals surface area contributed by atoms with Gasteiger partial charge < -0.3 is 5.32 Å². The predicted octanol–water partition coefficient (Wildman–Crippen LogP) is 2.66. The third-order valence-electron chi connectivity index (χ3n) is 3.59. The summed E-state index contributed by atoms with van der Waals surface area (Å²) in [7, 11) is 0. The molecule has 0 bridgehead atoms. The molecule has 0 unspecified atom stereocenters. The van der Waals surface area contributed by atoms with Gasteiger partial charge in [0.05, 0.1) is 11.4 Å². The molecule has 126 valence electrons. The normalized spacial score (nSPS) is 11.2. The van der Waals surface area contributed by atoms with Gasteiger partial charge in [0.25, 0.3) is 0 Å². The molecule has 0 atom stereocenters. The quantitative estimate of drug-likeness (QED) is 0.421. The van der Waals surface area contributed by atoms with E-state index in [1.807, 2.05) is 61.5 Å². The molecule has 0 spiro atoms. The van der Waals surface area contributed by atoms with Crippen LogP contribution in [0.15, 0.2) is 72.4 Å². The van der Waals surface area contributed by atoms with Crippen LogP contribution in [0.4, 0.5) is 0 Å². The highest BCUT2D eigenvalue weighted by Gasteiger charge is 2.01. The van der Waals surface area contributed by atoms with E-state index in [-0.39, 0.29) is 0 Å². The maximum absolute atomic E-state index is 5.25. The van der Waals surface area contributed by atoms with Crippen molar-refractivity contribution in [1.29, 1.82) is 0 Å². The summed E-state index contributed by atoms with van der Waals surface area (Å²) in [6.45, 7) is 2.59. The highest BCUT2D eigenvalue weighted by Crippen LogP contribution is 2.08. The lowest BCUT2D eigenvalue weighted by Gasteiger charge is -2.08. The standard InChI is InChI=1S/C18H18N6S/c1-14(16-7-9-17(10-8-16)24-13-19-12-21-24)22-23-18(25)20-11-15-5-3-2-4-6-15/h2-10,12-13H,11H2,1H3,(H2,20,23,25)/b22-14+. The van der Waals surface area contributed by atoms with Gasteiger partial charge >= 0.3 is 0 Å². The number of rotatable bonds is 5. The van der Waals surface area contributed by atoms with E-state index in [9.17, 15) is 0 Å². The number of nitrogens with one attached hydrogen (secondary N) is 2. The fourth-order valence-corrected chi connectivity index (χ4v) is 2.33. The summed E-state index contributed by atoms with van der Waals surface area (Å²) in [5, 5.41) is 12.0. The summed E-state index contributed by atoms with van der Waals surface area (Å²) in [5.74, 6) is 0. The molecule has 0 amide bonds. The highest BCUT2D eigenvalue weighted by atomic mass is 32.1. The molecule has 0 saturated carbocycles. The van der Waals surface area contributed by atoms with E-state index in [1.54, 1.807) is 11.0 Å². The van der Waals surface area contributed by atoms with Crippen LogP contribution in [0, 0.1) is 0 Å². The minimum absolute atomic E-state index is 0.488. The molecule has 1 heterocycles. The van der Waals surface area contributed by atoms with E-state index < -0.39 is 0 Å². The number of benzene rings is 2. The van der Waals surface area contributed by atoms with Crippen LogP contribution in [0.5, 0.6) is 0 Å². The molecule has 2 N–H and O–H groups in total. The van der Waals surface area contributed by atoms with Crippen LogP contribution in [-0.2, 0) is 6.54 Å². The van der Waals surface area contributed by atoms with Gasteiger partial charge in [0.15, 0.2) is 5.11 Å². The Morgan fingerprint density at radius 1 is 1.12 bits per heavy atom.